The molecule has 180 valence electrons. The number of benzene rings is 2. The lowest BCUT2D eigenvalue weighted by Gasteiger charge is -2.19. The van der Waals surface area contributed by atoms with Crippen LogP contribution in [0.15, 0.2) is 59.6 Å². The van der Waals surface area contributed by atoms with Crippen molar-refractivity contribution in [2.75, 3.05) is 32.0 Å². The Hall–Kier alpha value is -2.93. The van der Waals surface area contributed by atoms with Gasteiger partial charge in [0.05, 0.1) is 12.4 Å². The van der Waals surface area contributed by atoms with Crippen LogP contribution in [-0.2, 0) is 11.3 Å². The molecular weight excluding hydrogens is 446 g/mol. The van der Waals surface area contributed by atoms with E-state index < -0.39 is 0 Å². The van der Waals surface area contributed by atoms with Crippen molar-refractivity contribution in [1.29, 1.82) is 0 Å². The molecule has 1 aliphatic heterocycles. The molecule has 6 nitrogen and oxygen atoms in total. The summed E-state index contributed by atoms with van der Waals surface area (Å²) < 4.78 is 7.60. The summed E-state index contributed by atoms with van der Waals surface area (Å²) in [5.41, 5.74) is 1.73. The fraction of sp³-hybridized carbons (Fsp3) is 0.407. The zero-order chi connectivity index (χ0) is 23.8. The first kappa shape index (κ1) is 24.2. The van der Waals surface area contributed by atoms with E-state index in [4.69, 9.17) is 4.74 Å². The molecule has 2 heterocycles. The number of nitrogens with zero attached hydrogens (tertiary/aromatic N) is 2. The number of aromatic nitrogens is 1. The Morgan fingerprint density at radius 2 is 1.74 bits per heavy atom. The summed E-state index contributed by atoms with van der Waals surface area (Å²) in [6.45, 7) is 5.47. The van der Waals surface area contributed by atoms with Gasteiger partial charge in [-0.1, -0.05) is 31.0 Å². The molecule has 0 unspecified atom stereocenters. The van der Waals surface area contributed by atoms with E-state index in [1.807, 2.05) is 36.1 Å². The number of ether oxygens (including phenoxy) is 1. The Morgan fingerprint density at radius 1 is 1.00 bits per heavy atom. The van der Waals surface area contributed by atoms with Gasteiger partial charge in [0, 0.05) is 53.7 Å². The average molecular weight is 480 g/mol. The van der Waals surface area contributed by atoms with Crippen molar-refractivity contribution in [2.45, 2.75) is 44.0 Å². The monoisotopic (exact) mass is 479 g/mol. The minimum absolute atomic E-state index is 0.0999. The van der Waals surface area contributed by atoms with Gasteiger partial charge in [-0.3, -0.25) is 9.59 Å². The summed E-state index contributed by atoms with van der Waals surface area (Å²) in [5.74, 6) is 1.35. The lowest BCUT2D eigenvalue weighted by Crippen LogP contribution is -2.33. The first-order chi connectivity index (χ1) is 16.7. The van der Waals surface area contributed by atoms with Crippen LogP contribution in [0, 0.1) is 0 Å². The molecule has 34 heavy (non-hydrogen) atoms. The van der Waals surface area contributed by atoms with Gasteiger partial charge in [-0.25, -0.2) is 0 Å². The predicted molar refractivity (Wildman–Crippen MR) is 138 cm³/mol. The highest BCUT2D eigenvalue weighted by molar-refractivity contribution is 8.00. The van der Waals surface area contributed by atoms with Gasteiger partial charge in [0.1, 0.15) is 5.75 Å². The first-order valence-corrected chi connectivity index (χ1v) is 13.1. The summed E-state index contributed by atoms with van der Waals surface area (Å²) in [6.07, 6.45) is 6.77. The van der Waals surface area contributed by atoms with Gasteiger partial charge in [-0.05, 0) is 50.1 Å². The maximum atomic E-state index is 12.7. The van der Waals surface area contributed by atoms with E-state index in [1.54, 1.807) is 23.9 Å². The summed E-state index contributed by atoms with van der Waals surface area (Å²) in [6, 6.07) is 15.4. The van der Waals surface area contributed by atoms with Crippen molar-refractivity contribution in [3.05, 3.63) is 60.3 Å². The fourth-order valence-corrected chi connectivity index (χ4v) is 5.32. The number of para-hydroxylation sites is 1. The predicted octanol–water partition coefficient (Wildman–Crippen LogP) is 4.96. The minimum atomic E-state index is -0.0999. The Morgan fingerprint density at radius 3 is 2.47 bits per heavy atom. The van der Waals surface area contributed by atoms with Crippen LogP contribution in [0.2, 0.25) is 0 Å². The topological polar surface area (TPSA) is 63.6 Å². The lowest BCUT2D eigenvalue weighted by atomic mass is 10.2. The standard InChI is InChI=1S/C27H33N3O3S/c1-2-33-22-13-11-21(12-14-22)27(32)28-15-18-30-19-25(23-9-5-6-10-24(23)30)34-20-26(31)29-16-7-3-4-8-17-29/h5-6,9-14,19H,2-4,7-8,15-18,20H2,1H3,(H,28,32). The van der Waals surface area contributed by atoms with Gasteiger partial charge in [0.25, 0.3) is 5.91 Å². The van der Waals surface area contributed by atoms with Gasteiger partial charge < -0.3 is 19.5 Å². The maximum Gasteiger partial charge on any atom is 0.251 e. The minimum Gasteiger partial charge on any atom is -0.494 e. The van der Waals surface area contributed by atoms with Crippen molar-refractivity contribution in [3.8, 4) is 5.75 Å². The number of carbonyl (C=O) groups excluding carboxylic acids is 2. The average Bonchev–Trinajstić information content (AvgIpc) is 3.01. The molecule has 0 atom stereocenters. The zero-order valence-electron chi connectivity index (χ0n) is 19.8. The third-order valence-electron chi connectivity index (χ3n) is 6.13. The van der Waals surface area contributed by atoms with Crippen LogP contribution < -0.4 is 10.1 Å². The van der Waals surface area contributed by atoms with Crippen LogP contribution in [0.4, 0.5) is 0 Å². The Kier molecular flexibility index (Phi) is 8.52. The molecular formula is C27H33N3O3S. The van der Waals surface area contributed by atoms with E-state index in [-0.39, 0.29) is 11.8 Å². The van der Waals surface area contributed by atoms with Crippen LogP contribution in [-0.4, -0.2) is 53.3 Å². The van der Waals surface area contributed by atoms with Gasteiger partial charge in [0.2, 0.25) is 5.91 Å². The molecule has 1 N–H and O–H groups in total. The molecule has 3 aromatic rings. The van der Waals surface area contributed by atoms with Gasteiger partial charge in [-0.15, -0.1) is 11.8 Å². The van der Waals surface area contributed by atoms with Crippen LogP contribution >= 0.6 is 11.8 Å². The van der Waals surface area contributed by atoms with Crippen LogP contribution in [0.5, 0.6) is 5.75 Å². The van der Waals surface area contributed by atoms with E-state index in [0.717, 1.165) is 47.5 Å². The summed E-state index contributed by atoms with van der Waals surface area (Å²) in [7, 11) is 0. The lowest BCUT2D eigenvalue weighted by molar-refractivity contribution is -0.128. The zero-order valence-corrected chi connectivity index (χ0v) is 20.6. The molecule has 0 bridgehead atoms. The van der Waals surface area contributed by atoms with E-state index >= 15 is 0 Å². The Bertz CT molecular complexity index is 1100. The van der Waals surface area contributed by atoms with Gasteiger partial charge in [-0.2, -0.15) is 0 Å². The molecule has 1 saturated heterocycles. The second-order valence-corrected chi connectivity index (χ2v) is 9.52. The van der Waals surface area contributed by atoms with Gasteiger partial charge in [0.15, 0.2) is 0 Å². The molecule has 7 heteroatoms. The third-order valence-corrected chi connectivity index (χ3v) is 7.16. The molecule has 1 aromatic heterocycles. The summed E-state index contributed by atoms with van der Waals surface area (Å²) >= 11 is 1.61. The van der Waals surface area contributed by atoms with E-state index in [0.29, 0.717) is 31.0 Å². The third kappa shape index (κ3) is 6.14. The summed E-state index contributed by atoms with van der Waals surface area (Å²) in [4.78, 5) is 28.4. The number of nitrogens with one attached hydrogen (secondary N) is 1. The Labute approximate surface area is 205 Å². The van der Waals surface area contributed by atoms with Crippen LogP contribution in [0.1, 0.15) is 43.0 Å². The van der Waals surface area contributed by atoms with E-state index in [1.165, 1.54) is 12.8 Å². The highest BCUT2D eigenvalue weighted by atomic mass is 32.2. The molecule has 2 aromatic carbocycles. The Balaban J connectivity index is 1.35. The van der Waals surface area contributed by atoms with Crippen LogP contribution in [0.3, 0.4) is 0 Å². The molecule has 0 spiro atoms. The molecule has 1 fully saturated rings. The number of fused-ring (bicyclic) bond motifs is 1. The molecule has 0 saturated carbocycles. The number of hydrogen-bond donors (Lipinski definition) is 1. The molecule has 4 rings (SSSR count). The van der Waals surface area contributed by atoms with E-state index in [2.05, 4.69) is 28.2 Å². The molecule has 2 amide bonds. The van der Waals surface area contributed by atoms with Crippen molar-refractivity contribution in [1.82, 2.24) is 14.8 Å². The first-order valence-electron chi connectivity index (χ1n) is 12.1. The number of carbonyl (C=O) groups is 2. The number of rotatable bonds is 9. The second kappa shape index (κ2) is 12.0. The second-order valence-electron chi connectivity index (χ2n) is 8.50. The number of hydrogen-bond acceptors (Lipinski definition) is 4. The normalized spacial score (nSPS) is 14.1. The number of thioether (sulfide) groups is 1. The maximum absolute atomic E-state index is 12.7. The van der Waals surface area contributed by atoms with Crippen molar-refractivity contribution < 1.29 is 14.3 Å². The molecule has 1 aliphatic rings. The summed E-state index contributed by atoms with van der Waals surface area (Å²) in [5, 5.41) is 4.15. The van der Waals surface area contributed by atoms with Crippen molar-refractivity contribution >= 4 is 34.5 Å². The largest absolute Gasteiger partial charge is 0.494 e. The highest BCUT2D eigenvalue weighted by Gasteiger charge is 2.17. The van der Waals surface area contributed by atoms with E-state index in [9.17, 15) is 9.59 Å². The number of likely N-dealkylation sites (tertiary alicyclic amines) is 1. The smallest absolute Gasteiger partial charge is 0.251 e. The van der Waals surface area contributed by atoms with Crippen molar-refractivity contribution in [2.24, 2.45) is 0 Å². The SMILES string of the molecule is CCOc1ccc(C(=O)NCCn2cc(SCC(=O)N3CCCCCC3)c3ccccc32)cc1. The number of amides is 2. The highest BCUT2D eigenvalue weighted by Crippen LogP contribution is 2.30. The van der Waals surface area contributed by atoms with Gasteiger partial charge >= 0.3 is 0 Å². The van der Waals surface area contributed by atoms with Crippen molar-refractivity contribution in [3.63, 3.8) is 0 Å². The molecule has 0 radical (unpaired) electrons. The quantitative estimate of drug-likeness (QED) is 0.441. The molecule has 0 aliphatic carbocycles. The fourth-order valence-electron chi connectivity index (χ4n) is 4.33. The van der Waals surface area contributed by atoms with Crippen LogP contribution in [0.25, 0.3) is 10.9 Å².